The van der Waals surface area contributed by atoms with Crippen molar-refractivity contribution in [3.63, 3.8) is 0 Å². The highest BCUT2D eigenvalue weighted by Gasteiger charge is 2.33. The molecular weight excluding hydrogens is 388 g/mol. The van der Waals surface area contributed by atoms with Gasteiger partial charge in [-0.15, -0.1) is 5.10 Å². The van der Waals surface area contributed by atoms with E-state index in [1.165, 1.54) is 0 Å². The van der Waals surface area contributed by atoms with E-state index < -0.39 is 0 Å². The van der Waals surface area contributed by atoms with Crippen LogP contribution in [-0.2, 0) is 6.42 Å². The number of carbonyl (C=O) groups excluding carboxylic acids is 1. The molecule has 1 amide bonds. The predicted octanol–water partition coefficient (Wildman–Crippen LogP) is 3.72. The van der Waals surface area contributed by atoms with Gasteiger partial charge in [0.05, 0.1) is 16.9 Å². The third kappa shape index (κ3) is 4.48. The van der Waals surface area contributed by atoms with Gasteiger partial charge in [0.15, 0.2) is 5.69 Å². The van der Waals surface area contributed by atoms with E-state index in [1.807, 2.05) is 54.4 Å². The number of rotatable bonds is 5. The summed E-state index contributed by atoms with van der Waals surface area (Å²) in [6.45, 7) is 4.97. The van der Waals surface area contributed by atoms with Gasteiger partial charge in [0.1, 0.15) is 6.07 Å². The zero-order valence-electron chi connectivity index (χ0n) is 17.9. The molecule has 31 heavy (non-hydrogen) atoms. The van der Waals surface area contributed by atoms with Gasteiger partial charge in [-0.3, -0.25) is 4.79 Å². The molecule has 0 spiro atoms. The Morgan fingerprint density at radius 3 is 2.84 bits per heavy atom. The topological polar surface area (TPSA) is 87.7 Å². The summed E-state index contributed by atoms with van der Waals surface area (Å²) in [5, 5.41) is 21.3. The van der Waals surface area contributed by atoms with Gasteiger partial charge in [0.25, 0.3) is 5.91 Å². The highest BCUT2D eigenvalue weighted by Crippen LogP contribution is 2.29. The van der Waals surface area contributed by atoms with Crippen LogP contribution in [0.15, 0.2) is 48.8 Å². The van der Waals surface area contributed by atoms with Gasteiger partial charge in [0.2, 0.25) is 0 Å². The van der Waals surface area contributed by atoms with Crippen molar-refractivity contribution < 1.29 is 4.79 Å². The van der Waals surface area contributed by atoms with E-state index in [2.05, 4.69) is 22.2 Å². The summed E-state index contributed by atoms with van der Waals surface area (Å²) in [5.41, 5.74) is 3.69. The molecule has 1 saturated heterocycles. The first-order valence-corrected chi connectivity index (χ1v) is 10.7. The zero-order chi connectivity index (χ0) is 21.8. The van der Waals surface area contributed by atoms with Crippen LogP contribution in [0.1, 0.15) is 53.5 Å². The molecule has 0 aliphatic carbocycles. The van der Waals surface area contributed by atoms with Crippen LogP contribution in [0.3, 0.4) is 0 Å². The number of likely N-dealkylation sites (tertiary alicyclic amines) is 1. The fourth-order valence-corrected chi connectivity index (χ4v) is 4.38. The molecule has 0 saturated carbocycles. The fourth-order valence-electron chi connectivity index (χ4n) is 4.38. The highest BCUT2D eigenvalue weighted by atomic mass is 16.2. The van der Waals surface area contributed by atoms with E-state index >= 15 is 0 Å². The number of nitriles is 1. The van der Waals surface area contributed by atoms with Crippen LogP contribution >= 0.6 is 0 Å². The van der Waals surface area contributed by atoms with Gasteiger partial charge in [-0.05, 0) is 68.9 Å². The first-order valence-electron chi connectivity index (χ1n) is 10.7. The van der Waals surface area contributed by atoms with Crippen molar-refractivity contribution >= 4 is 5.91 Å². The minimum absolute atomic E-state index is 0.0525. The zero-order valence-corrected chi connectivity index (χ0v) is 17.9. The molecule has 2 aromatic heterocycles. The molecule has 7 heteroatoms. The summed E-state index contributed by atoms with van der Waals surface area (Å²) >= 11 is 0. The van der Waals surface area contributed by atoms with Crippen LogP contribution < -0.4 is 0 Å². The summed E-state index contributed by atoms with van der Waals surface area (Å²) in [4.78, 5) is 15.8. The lowest BCUT2D eigenvalue weighted by Crippen LogP contribution is -2.48. The average molecular weight is 415 g/mol. The third-order valence-electron chi connectivity index (χ3n) is 6.04. The molecule has 3 aromatic rings. The van der Waals surface area contributed by atoms with Crippen molar-refractivity contribution in [2.75, 3.05) is 6.54 Å². The summed E-state index contributed by atoms with van der Waals surface area (Å²) in [6.07, 6.45) is 7.23. The minimum Gasteiger partial charge on any atom is -0.335 e. The Labute approximate surface area is 182 Å². The SMILES string of the molecule is Cc1ccc(-n2cccn2)c(C(=O)N2CCC[C@@H](C)[C@H]2CCc2ccc(C#N)nn2)c1. The van der Waals surface area contributed by atoms with Gasteiger partial charge in [-0.25, -0.2) is 4.68 Å². The Hall–Kier alpha value is -3.53. The van der Waals surface area contributed by atoms with Crippen LogP contribution in [0, 0.1) is 24.2 Å². The number of aromatic nitrogens is 4. The molecular formula is C24H26N6O. The van der Waals surface area contributed by atoms with Gasteiger partial charge < -0.3 is 4.90 Å². The summed E-state index contributed by atoms with van der Waals surface area (Å²) in [7, 11) is 0. The quantitative estimate of drug-likeness (QED) is 0.635. The van der Waals surface area contributed by atoms with Gasteiger partial charge in [-0.2, -0.15) is 15.5 Å². The van der Waals surface area contributed by atoms with E-state index in [1.54, 1.807) is 16.9 Å². The molecule has 7 nitrogen and oxygen atoms in total. The van der Waals surface area contributed by atoms with Crippen molar-refractivity contribution in [2.45, 2.75) is 45.6 Å². The molecule has 1 aliphatic rings. The van der Waals surface area contributed by atoms with Crippen molar-refractivity contribution in [1.82, 2.24) is 24.9 Å². The predicted molar refractivity (Wildman–Crippen MR) is 117 cm³/mol. The normalized spacial score (nSPS) is 18.5. The van der Waals surface area contributed by atoms with Crippen molar-refractivity contribution in [3.05, 3.63) is 71.3 Å². The lowest BCUT2D eigenvalue weighted by Gasteiger charge is -2.40. The van der Waals surface area contributed by atoms with E-state index in [0.717, 1.165) is 49.2 Å². The molecule has 0 N–H and O–H groups in total. The van der Waals surface area contributed by atoms with E-state index in [4.69, 9.17) is 5.26 Å². The summed E-state index contributed by atoms with van der Waals surface area (Å²) in [5.74, 6) is 0.457. The van der Waals surface area contributed by atoms with Gasteiger partial charge in [-0.1, -0.05) is 18.6 Å². The third-order valence-corrected chi connectivity index (χ3v) is 6.04. The number of hydrogen-bond acceptors (Lipinski definition) is 5. The molecule has 1 aliphatic heterocycles. The molecule has 1 fully saturated rings. The monoisotopic (exact) mass is 414 g/mol. The Morgan fingerprint density at radius 2 is 2.13 bits per heavy atom. The first kappa shape index (κ1) is 20.7. The maximum atomic E-state index is 13.7. The Bertz CT molecular complexity index is 1080. The molecule has 0 radical (unpaired) electrons. The number of benzene rings is 1. The molecule has 0 bridgehead atoms. The second-order valence-electron chi connectivity index (χ2n) is 8.22. The van der Waals surface area contributed by atoms with Crippen LogP contribution in [0.25, 0.3) is 5.69 Å². The van der Waals surface area contributed by atoms with Crippen molar-refractivity contribution in [3.8, 4) is 11.8 Å². The van der Waals surface area contributed by atoms with Crippen LogP contribution in [0.2, 0.25) is 0 Å². The smallest absolute Gasteiger partial charge is 0.256 e. The molecule has 4 rings (SSSR count). The van der Waals surface area contributed by atoms with E-state index in [-0.39, 0.29) is 11.9 Å². The second-order valence-corrected chi connectivity index (χ2v) is 8.22. The van der Waals surface area contributed by atoms with Gasteiger partial charge >= 0.3 is 0 Å². The van der Waals surface area contributed by atoms with Crippen LogP contribution in [0.5, 0.6) is 0 Å². The molecule has 2 atom stereocenters. The van der Waals surface area contributed by atoms with Crippen LogP contribution in [-0.4, -0.2) is 43.4 Å². The Morgan fingerprint density at radius 1 is 1.26 bits per heavy atom. The Balaban J connectivity index is 1.58. The van der Waals surface area contributed by atoms with Gasteiger partial charge in [0, 0.05) is 25.0 Å². The lowest BCUT2D eigenvalue weighted by atomic mass is 9.86. The number of nitrogens with zero attached hydrogens (tertiary/aromatic N) is 6. The minimum atomic E-state index is 0.0525. The summed E-state index contributed by atoms with van der Waals surface area (Å²) in [6, 6.07) is 13.5. The van der Waals surface area contributed by atoms with E-state index in [9.17, 15) is 4.79 Å². The maximum absolute atomic E-state index is 13.7. The fraction of sp³-hybridized carbons (Fsp3) is 0.375. The number of piperidine rings is 1. The van der Waals surface area contributed by atoms with Crippen LogP contribution in [0.4, 0.5) is 0 Å². The Kier molecular flexibility index (Phi) is 6.08. The molecule has 158 valence electrons. The number of hydrogen-bond donors (Lipinski definition) is 0. The summed E-state index contributed by atoms with van der Waals surface area (Å²) < 4.78 is 1.75. The lowest BCUT2D eigenvalue weighted by molar-refractivity contribution is 0.0498. The second kappa shape index (κ2) is 9.09. The molecule has 3 heterocycles. The number of aryl methyl sites for hydroxylation is 2. The molecule has 1 aromatic carbocycles. The first-order chi connectivity index (χ1) is 15.1. The average Bonchev–Trinajstić information content (AvgIpc) is 3.32. The maximum Gasteiger partial charge on any atom is 0.256 e. The number of amides is 1. The van der Waals surface area contributed by atoms with Crippen molar-refractivity contribution in [2.24, 2.45) is 5.92 Å². The largest absolute Gasteiger partial charge is 0.335 e. The highest BCUT2D eigenvalue weighted by molar-refractivity contribution is 5.98. The van der Waals surface area contributed by atoms with Crippen molar-refractivity contribution in [1.29, 1.82) is 5.26 Å². The number of carbonyl (C=O) groups is 1. The molecule has 0 unspecified atom stereocenters. The standard InChI is InChI=1S/C24H26N6O/c1-17-6-10-23(30-14-4-12-26-30)21(15-17)24(31)29-13-3-5-18(2)22(29)11-9-19-7-8-20(16-25)28-27-19/h4,6-8,10,12,14-15,18,22H,3,5,9,11,13H2,1-2H3/t18-,22-/m1/s1. The van der Waals surface area contributed by atoms with E-state index in [0.29, 0.717) is 17.2 Å².